The van der Waals surface area contributed by atoms with Gasteiger partial charge in [-0.05, 0) is 50.2 Å². The largest absolute Gasteiger partial charge is 0.355 e. The molecule has 0 saturated carbocycles. The highest BCUT2D eigenvalue weighted by Crippen LogP contribution is 2.35. The third-order valence-electron chi connectivity index (χ3n) is 4.39. The van der Waals surface area contributed by atoms with Crippen molar-refractivity contribution < 1.29 is 4.79 Å². The summed E-state index contributed by atoms with van der Waals surface area (Å²) < 4.78 is 0. The van der Waals surface area contributed by atoms with Crippen molar-refractivity contribution in [2.75, 3.05) is 26.2 Å². The first-order valence-electron chi connectivity index (χ1n) is 8.65. The summed E-state index contributed by atoms with van der Waals surface area (Å²) >= 11 is 13.8. The van der Waals surface area contributed by atoms with Gasteiger partial charge in [-0.1, -0.05) is 35.7 Å². The average Bonchev–Trinajstić information content (AvgIpc) is 3.04. The van der Waals surface area contributed by atoms with E-state index in [1.54, 1.807) is 17.4 Å². The maximum Gasteiger partial charge on any atom is 0.225 e. The molecule has 1 aromatic heterocycles. The van der Waals surface area contributed by atoms with Crippen molar-refractivity contribution >= 4 is 40.4 Å². The monoisotopic (exact) mass is 396 g/mol. The minimum Gasteiger partial charge on any atom is -0.355 e. The number of benzene rings is 1. The van der Waals surface area contributed by atoms with E-state index >= 15 is 0 Å². The lowest BCUT2D eigenvalue weighted by molar-refractivity contribution is -0.120. The Labute approximate surface area is 162 Å². The zero-order valence-electron chi connectivity index (χ0n) is 14.1. The van der Waals surface area contributed by atoms with E-state index in [4.69, 9.17) is 23.2 Å². The van der Waals surface area contributed by atoms with Gasteiger partial charge in [-0.3, -0.25) is 4.79 Å². The Morgan fingerprint density at radius 1 is 1.12 bits per heavy atom. The number of hydrogen-bond acceptors (Lipinski definition) is 3. The van der Waals surface area contributed by atoms with Gasteiger partial charge in [0, 0.05) is 33.4 Å². The maximum absolute atomic E-state index is 12.1. The molecule has 0 unspecified atom stereocenters. The standard InChI is InChI=1S/C19H22Cl2N2OS/c20-14-4-6-16(17(21)12-14)18-7-5-15(25-18)13-19(24)22-8-11-23-9-2-1-3-10-23/h4-7,12H,1-3,8-11,13H2,(H,22,24). The molecule has 0 atom stereocenters. The van der Waals surface area contributed by atoms with Gasteiger partial charge in [-0.15, -0.1) is 11.3 Å². The molecule has 0 radical (unpaired) electrons. The van der Waals surface area contributed by atoms with Crippen molar-refractivity contribution in [1.82, 2.24) is 10.2 Å². The molecule has 3 rings (SSSR count). The van der Waals surface area contributed by atoms with E-state index in [1.807, 2.05) is 24.3 Å². The van der Waals surface area contributed by atoms with Crippen LogP contribution in [-0.4, -0.2) is 37.0 Å². The fourth-order valence-corrected chi connectivity index (χ4v) is 4.68. The summed E-state index contributed by atoms with van der Waals surface area (Å²) in [5.74, 6) is 0.0765. The van der Waals surface area contributed by atoms with Crippen molar-refractivity contribution in [3.63, 3.8) is 0 Å². The molecule has 0 aliphatic carbocycles. The molecule has 1 aliphatic rings. The molecule has 2 heterocycles. The molecule has 3 nitrogen and oxygen atoms in total. The van der Waals surface area contributed by atoms with Crippen LogP contribution in [0, 0.1) is 0 Å². The molecule has 1 saturated heterocycles. The molecule has 0 bridgehead atoms. The van der Waals surface area contributed by atoms with E-state index in [2.05, 4.69) is 10.2 Å². The Hall–Kier alpha value is -1.07. The first-order chi connectivity index (χ1) is 12.1. The van der Waals surface area contributed by atoms with Crippen molar-refractivity contribution in [2.24, 2.45) is 0 Å². The summed E-state index contributed by atoms with van der Waals surface area (Å²) in [6.07, 6.45) is 4.30. The molecule has 25 heavy (non-hydrogen) atoms. The Morgan fingerprint density at radius 2 is 1.92 bits per heavy atom. The van der Waals surface area contributed by atoms with Gasteiger partial charge in [-0.2, -0.15) is 0 Å². The van der Waals surface area contributed by atoms with Crippen LogP contribution >= 0.6 is 34.5 Å². The summed E-state index contributed by atoms with van der Waals surface area (Å²) in [6.45, 7) is 3.99. The van der Waals surface area contributed by atoms with Crippen LogP contribution in [0.5, 0.6) is 0 Å². The number of halogens is 2. The number of carbonyl (C=O) groups is 1. The molecule has 1 aromatic carbocycles. The number of thiophene rings is 1. The van der Waals surface area contributed by atoms with Gasteiger partial charge in [0.05, 0.1) is 11.4 Å². The van der Waals surface area contributed by atoms with Crippen LogP contribution in [0.4, 0.5) is 0 Å². The van der Waals surface area contributed by atoms with Crippen molar-refractivity contribution in [3.8, 4) is 10.4 Å². The van der Waals surface area contributed by atoms with Gasteiger partial charge in [-0.25, -0.2) is 0 Å². The van der Waals surface area contributed by atoms with Crippen molar-refractivity contribution in [1.29, 1.82) is 0 Å². The Bertz CT molecular complexity index is 726. The predicted molar refractivity (Wildman–Crippen MR) is 107 cm³/mol. The van der Waals surface area contributed by atoms with Gasteiger partial charge in [0.25, 0.3) is 0 Å². The third kappa shape index (κ3) is 5.45. The van der Waals surface area contributed by atoms with Gasteiger partial charge in [0.15, 0.2) is 0 Å². The number of hydrogen-bond donors (Lipinski definition) is 1. The highest BCUT2D eigenvalue weighted by Gasteiger charge is 2.12. The molecule has 1 N–H and O–H groups in total. The molecule has 6 heteroatoms. The molecule has 1 aliphatic heterocycles. The van der Waals surface area contributed by atoms with Crippen LogP contribution < -0.4 is 5.32 Å². The summed E-state index contributed by atoms with van der Waals surface area (Å²) in [7, 11) is 0. The van der Waals surface area contributed by atoms with Crippen molar-refractivity contribution in [3.05, 3.63) is 45.3 Å². The topological polar surface area (TPSA) is 32.3 Å². The Kier molecular flexibility index (Phi) is 6.77. The third-order valence-corrected chi connectivity index (χ3v) is 6.06. The minimum atomic E-state index is 0.0765. The quantitative estimate of drug-likeness (QED) is 0.755. The van der Waals surface area contributed by atoms with Gasteiger partial charge in [0.2, 0.25) is 5.91 Å². The van der Waals surface area contributed by atoms with E-state index < -0.39 is 0 Å². The first kappa shape index (κ1) is 18.7. The van der Waals surface area contributed by atoms with Gasteiger partial charge >= 0.3 is 0 Å². The lowest BCUT2D eigenvalue weighted by atomic mass is 10.1. The summed E-state index contributed by atoms with van der Waals surface area (Å²) in [5.41, 5.74) is 0.952. The normalized spacial score (nSPS) is 15.3. The highest BCUT2D eigenvalue weighted by molar-refractivity contribution is 7.15. The number of amides is 1. The zero-order chi connectivity index (χ0) is 17.6. The number of carbonyl (C=O) groups excluding carboxylic acids is 1. The summed E-state index contributed by atoms with van der Waals surface area (Å²) in [6, 6.07) is 9.49. The number of piperidine rings is 1. The second-order valence-corrected chi connectivity index (χ2v) is 8.33. The van der Waals surface area contributed by atoms with Crippen LogP contribution in [-0.2, 0) is 11.2 Å². The number of nitrogens with zero attached hydrogens (tertiary/aromatic N) is 1. The van der Waals surface area contributed by atoms with E-state index in [9.17, 15) is 4.79 Å². The van der Waals surface area contributed by atoms with Crippen LogP contribution in [0.25, 0.3) is 10.4 Å². The Morgan fingerprint density at radius 3 is 2.68 bits per heavy atom. The number of nitrogens with one attached hydrogen (secondary N) is 1. The van der Waals surface area contributed by atoms with Crippen LogP contribution in [0.3, 0.4) is 0 Å². The molecular weight excluding hydrogens is 375 g/mol. The van der Waals surface area contributed by atoms with Gasteiger partial charge in [0.1, 0.15) is 0 Å². The molecule has 1 amide bonds. The molecular formula is C19H22Cl2N2OS. The van der Waals surface area contributed by atoms with E-state index in [-0.39, 0.29) is 5.91 Å². The lowest BCUT2D eigenvalue weighted by Gasteiger charge is -2.26. The van der Waals surface area contributed by atoms with E-state index in [0.717, 1.165) is 41.5 Å². The molecule has 2 aromatic rings. The first-order valence-corrected chi connectivity index (χ1v) is 10.2. The smallest absolute Gasteiger partial charge is 0.225 e. The van der Waals surface area contributed by atoms with E-state index in [1.165, 1.54) is 19.3 Å². The second kappa shape index (κ2) is 9.04. The van der Waals surface area contributed by atoms with Gasteiger partial charge < -0.3 is 10.2 Å². The number of rotatable bonds is 6. The molecule has 134 valence electrons. The number of likely N-dealkylation sites (tertiary alicyclic amines) is 1. The fraction of sp³-hybridized carbons (Fsp3) is 0.421. The maximum atomic E-state index is 12.1. The minimum absolute atomic E-state index is 0.0765. The predicted octanol–water partition coefficient (Wildman–Crippen LogP) is 4.87. The average molecular weight is 397 g/mol. The summed E-state index contributed by atoms with van der Waals surface area (Å²) in [5, 5.41) is 4.28. The summed E-state index contributed by atoms with van der Waals surface area (Å²) in [4.78, 5) is 16.7. The molecule has 0 spiro atoms. The lowest BCUT2D eigenvalue weighted by Crippen LogP contribution is -2.38. The van der Waals surface area contributed by atoms with E-state index in [0.29, 0.717) is 16.5 Å². The fourth-order valence-electron chi connectivity index (χ4n) is 3.06. The van der Waals surface area contributed by atoms with Crippen LogP contribution in [0.2, 0.25) is 10.0 Å². The Balaban J connectivity index is 1.49. The SMILES string of the molecule is O=C(Cc1ccc(-c2ccc(Cl)cc2Cl)s1)NCCN1CCCCC1. The van der Waals surface area contributed by atoms with Crippen molar-refractivity contribution in [2.45, 2.75) is 25.7 Å². The molecule has 1 fully saturated rings. The second-order valence-electron chi connectivity index (χ2n) is 6.32. The zero-order valence-corrected chi connectivity index (χ0v) is 16.4. The van der Waals surface area contributed by atoms with Crippen LogP contribution in [0.15, 0.2) is 30.3 Å². The highest BCUT2D eigenvalue weighted by atomic mass is 35.5. The van der Waals surface area contributed by atoms with Crippen LogP contribution in [0.1, 0.15) is 24.1 Å².